The molecule has 10 nitrogen and oxygen atoms in total. The molecule has 1 fully saturated rings. The van der Waals surface area contributed by atoms with Crippen molar-refractivity contribution in [2.45, 2.75) is 12.6 Å². The predicted molar refractivity (Wildman–Crippen MR) is 118 cm³/mol. The Bertz CT molecular complexity index is 1190. The molecule has 3 heterocycles. The van der Waals surface area contributed by atoms with Crippen molar-refractivity contribution in [3.63, 3.8) is 0 Å². The van der Waals surface area contributed by atoms with Crippen LogP contribution >= 0.6 is 11.6 Å². The van der Waals surface area contributed by atoms with Crippen LogP contribution in [0.25, 0.3) is 11.2 Å². The maximum atomic E-state index is 12.9. The number of hydrogen-bond acceptors (Lipinski definition) is 7. The highest BCUT2D eigenvalue weighted by molar-refractivity contribution is 6.30. The van der Waals surface area contributed by atoms with Crippen LogP contribution in [0.4, 0.5) is 5.95 Å². The molecule has 31 heavy (non-hydrogen) atoms. The van der Waals surface area contributed by atoms with Crippen molar-refractivity contribution in [1.82, 2.24) is 24.0 Å². The summed E-state index contributed by atoms with van der Waals surface area (Å²) in [5.41, 5.74) is -0.311. The number of piperazine rings is 1. The third kappa shape index (κ3) is 4.18. The molecule has 2 N–H and O–H groups in total. The smallest absolute Gasteiger partial charge is 0.332 e. The van der Waals surface area contributed by atoms with Crippen LogP contribution in [0.5, 0.6) is 5.75 Å². The minimum absolute atomic E-state index is 0.0222. The number of benzene rings is 1. The van der Waals surface area contributed by atoms with Crippen molar-refractivity contribution in [2.24, 2.45) is 14.1 Å². The predicted octanol–water partition coefficient (Wildman–Crippen LogP) is -0.0634. The van der Waals surface area contributed by atoms with Crippen LogP contribution < -0.4 is 26.2 Å². The van der Waals surface area contributed by atoms with Gasteiger partial charge in [-0.15, -0.1) is 0 Å². The number of nitrogens with zero attached hydrogens (tertiary/aromatic N) is 5. The molecule has 0 bridgehead atoms. The molecule has 0 saturated carbocycles. The normalized spacial score (nSPS) is 15.4. The van der Waals surface area contributed by atoms with Crippen molar-refractivity contribution in [1.29, 1.82) is 0 Å². The molecule has 0 spiro atoms. The van der Waals surface area contributed by atoms with Crippen LogP contribution in [0, 0.1) is 0 Å². The summed E-state index contributed by atoms with van der Waals surface area (Å²) in [7, 11) is 3.02. The second-order valence-corrected chi connectivity index (χ2v) is 7.99. The number of fused-ring (bicyclic) bond motifs is 1. The van der Waals surface area contributed by atoms with E-state index in [0.717, 1.165) is 17.7 Å². The Morgan fingerprint density at radius 2 is 1.84 bits per heavy atom. The maximum Gasteiger partial charge on any atom is 0.332 e. The van der Waals surface area contributed by atoms with E-state index in [1.54, 1.807) is 35.9 Å². The van der Waals surface area contributed by atoms with Gasteiger partial charge in [-0.25, -0.2) is 4.79 Å². The molecule has 0 unspecified atom stereocenters. The largest absolute Gasteiger partial charge is 0.491 e. The topological polar surface area (TPSA) is 107 Å². The number of imidazole rings is 1. The van der Waals surface area contributed by atoms with Crippen molar-refractivity contribution >= 4 is 28.7 Å². The molecule has 2 aromatic heterocycles. The average molecular weight is 449 g/mol. The van der Waals surface area contributed by atoms with Crippen LogP contribution in [0.1, 0.15) is 0 Å². The number of aromatic nitrogens is 4. The Morgan fingerprint density at radius 1 is 1.16 bits per heavy atom. The lowest BCUT2D eigenvalue weighted by Gasteiger charge is -2.29. The third-order valence-corrected chi connectivity index (χ3v) is 5.63. The van der Waals surface area contributed by atoms with E-state index in [-0.39, 0.29) is 18.7 Å². The van der Waals surface area contributed by atoms with Gasteiger partial charge in [0.1, 0.15) is 18.5 Å². The minimum Gasteiger partial charge on any atom is -0.491 e. The van der Waals surface area contributed by atoms with E-state index >= 15 is 0 Å². The molecule has 11 heteroatoms. The first-order chi connectivity index (χ1) is 14.9. The standard InChI is InChI=1S/C20H25ClN6O4/c1-24-17-16(18(29)25(2)20(24)30)27(19(23-17)26-9-7-22-8-10-26)11-14(28)12-31-15-5-3-13(21)4-6-15/h3-6,14,22,28H,7-12H2,1-2H3/t14-/m1/s1. The van der Waals surface area contributed by atoms with Gasteiger partial charge in [-0.05, 0) is 24.3 Å². The summed E-state index contributed by atoms with van der Waals surface area (Å²) >= 11 is 5.89. The number of anilines is 1. The molecule has 0 amide bonds. The van der Waals surface area contributed by atoms with Crippen molar-refractivity contribution in [3.05, 3.63) is 50.1 Å². The number of nitrogens with one attached hydrogen (secondary N) is 1. The summed E-state index contributed by atoms with van der Waals surface area (Å²) in [6.07, 6.45) is -0.906. The van der Waals surface area contributed by atoms with E-state index in [4.69, 9.17) is 16.3 Å². The number of halogens is 1. The molecular formula is C20H25ClN6O4. The zero-order valence-corrected chi connectivity index (χ0v) is 18.2. The maximum absolute atomic E-state index is 12.9. The van der Waals surface area contributed by atoms with Crippen molar-refractivity contribution in [2.75, 3.05) is 37.7 Å². The minimum atomic E-state index is -0.906. The first kappa shape index (κ1) is 21.4. The first-order valence-electron chi connectivity index (χ1n) is 10.0. The number of rotatable bonds is 6. The molecule has 1 aliphatic heterocycles. The summed E-state index contributed by atoms with van der Waals surface area (Å²) in [5, 5.41) is 14.6. The summed E-state index contributed by atoms with van der Waals surface area (Å²) < 4.78 is 9.76. The molecule has 1 atom stereocenters. The number of aliphatic hydroxyl groups is 1. The quantitative estimate of drug-likeness (QED) is 0.544. The fraction of sp³-hybridized carbons (Fsp3) is 0.450. The Labute approximate surface area is 183 Å². The van der Waals surface area contributed by atoms with Gasteiger partial charge >= 0.3 is 5.69 Å². The lowest BCUT2D eigenvalue weighted by atomic mass is 10.3. The van der Waals surface area contributed by atoms with Crippen LogP contribution in [0.2, 0.25) is 5.02 Å². The van der Waals surface area contributed by atoms with Crippen molar-refractivity contribution in [3.8, 4) is 5.75 Å². The van der Waals surface area contributed by atoms with Crippen LogP contribution in [0.3, 0.4) is 0 Å². The highest BCUT2D eigenvalue weighted by Crippen LogP contribution is 2.21. The van der Waals surface area contributed by atoms with Gasteiger partial charge in [-0.2, -0.15) is 4.98 Å². The number of aliphatic hydroxyl groups excluding tert-OH is 1. The Morgan fingerprint density at radius 3 is 2.52 bits per heavy atom. The average Bonchev–Trinajstić information content (AvgIpc) is 3.15. The fourth-order valence-electron chi connectivity index (χ4n) is 3.70. The molecule has 0 radical (unpaired) electrons. The monoisotopic (exact) mass is 448 g/mol. The van der Waals surface area contributed by atoms with Gasteiger partial charge in [-0.1, -0.05) is 11.6 Å². The highest BCUT2D eigenvalue weighted by Gasteiger charge is 2.25. The van der Waals surface area contributed by atoms with Gasteiger partial charge in [0.05, 0.1) is 6.54 Å². The van der Waals surface area contributed by atoms with E-state index < -0.39 is 17.4 Å². The van der Waals surface area contributed by atoms with Crippen LogP contribution in [-0.4, -0.2) is 62.7 Å². The SMILES string of the molecule is Cn1c(=O)c2c(nc(N3CCNCC3)n2C[C@@H](O)COc2ccc(Cl)cc2)n(C)c1=O. The van der Waals surface area contributed by atoms with Gasteiger partial charge in [0.15, 0.2) is 11.2 Å². The van der Waals surface area contributed by atoms with E-state index in [0.29, 0.717) is 35.5 Å². The van der Waals surface area contributed by atoms with Crippen molar-refractivity contribution < 1.29 is 9.84 Å². The molecule has 0 aliphatic carbocycles. The number of ether oxygens (including phenoxy) is 1. The second-order valence-electron chi connectivity index (χ2n) is 7.56. The molecule has 1 aromatic carbocycles. The first-order valence-corrected chi connectivity index (χ1v) is 10.4. The van der Waals surface area contributed by atoms with Gasteiger partial charge in [0, 0.05) is 45.3 Å². The van der Waals surface area contributed by atoms with Gasteiger partial charge in [0.2, 0.25) is 5.95 Å². The highest BCUT2D eigenvalue weighted by atomic mass is 35.5. The zero-order valence-electron chi connectivity index (χ0n) is 17.4. The summed E-state index contributed by atoms with van der Waals surface area (Å²) in [4.78, 5) is 32.0. The fourth-order valence-corrected chi connectivity index (χ4v) is 3.83. The number of aryl methyl sites for hydroxylation is 1. The lowest BCUT2D eigenvalue weighted by molar-refractivity contribution is 0.0936. The zero-order chi connectivity index (χ0) is 22.1. The van der Waals surface area contributed by atoms with E-state index in [2.05, 4.69) is 10.3 Å². The Kier molecular flexibility index (Phi) is 6.03. The number of hydrogen-bond donors (Lipinski definition) is 2. The second kappa shape index (κ2) is 8.74. The molecule has 4 rings (SSSR count). The van der Waals surface area contributed by atoms with E-state index in [9.17, 15) is 14.7 Å². The third-order valence-electron chi connectivity index (χ3n) is 5.38. The Hall–Kier alpha value is -2.82. The van der Waals surface area contributed by atoms with Crippen LogP contribution in [-0.2, 0) is 20.6 Å². The van der Waals surface area contributed by atoms with E-state index in [1.807, 2.05) is 4.90 Å². The molecule has 3 aromatic rings. The molecular weight excluding hydrogens is 424 g/mol. The summed E-state index contributed by atoms with van der Waals surface area (Å²) in [5.74, 6) is 1.14. The lowest BCUT2D eigenvalue weighted by Crippen LogP contribution is -2.45. The van der Waals surface area contributed by atoms with E-state index in [1.165, 1.54) is 11.6 Å². The summed E-state index contributed by atoms with van der Waals surface area (Å²) in [6, 6.07) is 6.86. The van der Waals surface area contributed by atoms with Gasteiger partial charge < -0.3 is 24.6 Å². The Balaban J connectivity index is 1.69. The molecule has 166 valence electrons. The van der Waals surface area contributed by atoms with Gasteiger partial charge in [-0.3, -0.25) is 13.9 Å². The summed E-state index contributed by atoms with van der Waals surface area (Å²) in [6.45, 7) is 3.08. The van der Waals surface area contributed by atoms with Gasteiger partial charge in [0.25, 0.3) is 5.56 Å². The molecule has 1 saturated heterocycles. The molecule has 1 aliphatic rings. The van der Waals surface area contributed by atoms with Crippen LogP contribution in [0.15, 0.2) is 33.9 Å².